The summed E-state index contributed by atoms with van der Waals surface area (Å²) in [7, 11) is 0. The van der Waals surface area contributed by atoms with Crippen LogP contribution in [0.2, 0.25) is 0 Å². The van der Waals surface area contributed by atoms with Crippen LogP contribution >= 0.6 is 11.3 Å². The van der Waals surface area contributed by atoms with Crippen molar-refractivity contribution in [3.8, 4) is 0 Å². The van der Waals surface area contributed by atoms with E-state index in [4.69, 9.17) is 0 Å². The molecule has 12 heavy (non-hydrogen) atoms. The molecule has 1 aromatic heterocycles. The largest absolute Gasteiger partial charge is 0.314 e. The summed E-state index contributed by atoms with van der Waals surface area (Å²) in [6.07, 6.45) is 1.86. The van der Waals surface area contributed by atoms with E-state index in [1.54, 1.807) is 11.3 Å². The van der Waals surface area contributed by atoms with Crippen LogP contribution in [-0.2, 0) is 0 Å². The molecular weight excluding hydrogens is 170 g/mol. The van der Waals surface area contributed by atoms with Crippen LogP contribution in [0.5, 0.6) is 0 Å². The Morgan fingerprint density at radius 2 is 2.58 bits per heavy atom. The third-order valence-corrected chi connectivity index (χ3v) is 3.05. The summed E-state index contributed by atoms with van der Waals surface area (Å²) in [5.41, 5.74) is 0. The van der Waals surface area contributed by atoms with Gasteiger partial charge in [0, 0.05) is 30.7 Å². The van der Waals surface area contributed by atoms with Gasteiger partial charge in [0.2, 0.25) is 0 Å². The first-order chi connectivity index (χ1) is 5.86. The van der Waals surface area contributed by atoms with Gasteiger partial charge in [0.25, 0.3) is 0 Å². The smallest absolute Gasteiger partial charge is 0.109 e. The quantitative estimate of drug-likeness (QED) is 0.726. The molecule has 0 saturated carbocycles. The predicted molar refractivity (Wildman–Crippen MR) is 50.3 cm³/mol. The van der Waals surface area contributed by atoms with Crippen molar-refractivity contribution in [3.05, 3.63) is 16.6 Å². The van der Waals surface area contributed by atoms with Crippen LogP contribution in [0.15, 0.2) is 11.6 Å². The Morgan fingerprint density at radius 1 is 1.75 bits per heavy atom. The van der Waals surface area contributed by atoms with Gasteiger partial charge in [-0.25, -0.2) is 4.98 Å². The fraction of sp³-hybridized carbons (Fsp3) is 0.625. The van der Waals surface area contributed by atoms with Crippen LogP contribution in [0.4, 0.5) is 0 Å². The Labute approximate surface area is 76.2 Å². The molecule has 1 aliphatic heterocycles. The monoisotopic (exact) mass is 183 g/mol. The van der Waals surface area contributed by atoms with Crippen molar-refractivity contribution in [2.24, 2.45) is 0 Å². The molecule has 1 aromatic rings. The predicted octanol–water partition coefficient (Wildman–Crippen LogP) is 0.765. The van der Waals surface area contributed by atoms with E-state index >= 15 is 0 Å². The molecular formula is C8H13N3S. The van der Waals surface area contributed by atoms with Gasteiger partial charge in [0.15, 0.2) is 0 Å². The molecule has 1 aliphatic rings. The maximum Gasteiger partial charge on any atom is 0.109 e. The van der Waals surface area contributed by atoms with Crippen molar-refractivity contribution in [1.82, 2.24) is 15.6 Å². The van der Waals surface area contributed by atoms with Gasteiger partial charge in [-0.05, 0) is 6.92 Å². The molecule has 4 heteroatoms. The van der Waals surface area contributed by atoms with E-state index in [0.29, 0.717) is 12.1 Å². The van der Waals surface area contributed by atoms with E-state index in [1.807, 2.05) is 11.6 Å². The number of nitrogens with one attached hydrogen (secondary N) is 2. The van der Waals surface area contributed by atoms with Crippen LogP contribution in [-0.4, -0.2) is 24.1 Å². The fourth-order valence-electron chi connectivity index (χ4n) is 1.28. The first kappa shape index (κ1) is 8.16. The van der Waals surface area contributed by atoms with Crippen molar-refractivity contribution in [2.75, 3.05) is 13.1 Å². The molecule has 66 valence electrons. The second kappa shape index (κ2) is 3.51. The standard InChI is InChI=1S/C8H13N3S/c1-6(8-10-2-3-12-8)11-7-4-9-5-7/h2-3,6-7,9,11H,4-5H2,1H3. The van der Waals surface area contributed by atoms with Crippen LogP contribution in [0.3, 0.4) is 0 Å². The molecule has 1 unspecified atom stereocenters. The van der Waals surface area contributed by atoms with Crippen LogP contribution in [0, 0.1) is 0 Å². The molecule has 0 aromatic carbocycles. The van der Waals surface area contributed by atoms with Gasteiger partial charge in [-0.2, -0.15) is 0 Å². The lowest BCUT2D eigenvalue weighted by Gasteiger charge is -2.30. The molecule has 0 amide bonds. The average Bonchev–Trinajstić information content (AvgIpc) is 2.47. The number of nitrogens with zero attached hydrogens (tertiary/aromatic N) is 1. The number of rotatable bonds is 3. The number of hydrogen-bond acceptors (Lipinski definition) is 4. The summed E-state index contributed by atoms with van der Waals surface area (Å²) in [6, 6.07) is 1.04. The topological polar surface area (TPSA) is 37.0 Å². The van der Waals surface area contributed by atoms with Crippen molar-refractivity contribution < 1.29 is 0 Å². The minimum atomic E-state index is 0.400. The highest BCUT2D eigenvalue weighted by Crippen LogP contribution is 2.15. The number of hydrogen-bond donors (Lipinski definition) is 2. The average molecular weight is 183 g/mol. The van der Waals surface area contributed by atoms with E-state index in [-0.39, 0.29) is 0 Å². The van der Waals surface area contributed by atoms with Crippen LogP contribution < -0.4 is 10.6 Å². The van der Waals surface area contributed by atoms with Gasteiger partial charge in [-0.1, -0.05) is 0 Å². The zero-order valence-corrected chi connectivity index (χ0v) is 7.90. The lowest BCUT2D eigenvalue weighted by atomic mass is 10.1. The van der Waals surface area contributed by atoms with Gasteiger partial charge in [0.1, 0.15) is 5.01 Å². The summed E-state index contributed by atoms with van der Waals surface area (Å²) in [4.78, 5) is 4.26. The first-order valence-electron chi connectivity index (χ1n) is 4.22. The van der Waals surface area contributed by atoms with E-state index in [9.17, 15) is 0 Å². The number of aromatic nitrogens is 1. The molecule has 2 heterocycles. The molecule has 0 spiro atoms. The van der Waals surface area contributed by atoms with E-state index in [2.05, 4.69) is 22.5 Å². The molecule has 0 radical (unpaired) electrons. The minimum absolute atomic E-state index is 0.400. The second-order valence-electron chi connectivity index (χ2n) is 3.11. The van der Waals surface area contributed by atoms with Crippen molar-refractivity contribution in [1.29, 1.82) is 0 Å². The first-order valence-corrected chi connectivity index (χ1v) is 5.10. The van der Waals surface area contributed by atoms with Gasteiger partial charge >= 0.3 is 0 Å². The summed E-state index contributed by atoms with van der Waals surface area (Å²) in [5.74, 6) is 0. The van der Waals surface area contributed by atoms with Crippen molar-refractivity contribution >= 4 is 11.3 Å². The normalized spacial score (nSPS) is 20.4. The molecule has 0 bridgehead atoms. The minimum Gasteiger partial charge on any atom is -0.314 e. The van der Waals surface area contributed by atoms with Crippen molar-refractivity contribution in [2.45, 2.75) is 19.0 Å². The van der Waals surface area contributed by atoms with Gasteiger partial charge in [-0.15, -0.1) is 11.3 Å². The van der Waals surface area contributed by atoms with Crippen LogP contribution in [0.25, 0.3) is 0 Å². The van der Waals surface area contributed by atoms with E-state index in [0.717, 1.165) is 13.1 Å². The highest BCUT2D eigenvalue weighted by atomic mass is 32.1. The Hall–Kier alpha value is -0.450. The lowest BCUT2D eigenvalue weighted by Crippen LogP contribution is -2.55. The van der Waals surface area contributed by atoms with Gasteiger partial charge in [0.05, 0.1) is 6.04 Å². The maximum absolute atomic E-state index is 4.26. The summed E-state index contributed by atoms with van der Waals surface area (Å²) < 4.78 is 0. The van der Waals surface area contributed by atoms with E-state index in [1.165, 1.54) is 5.01 Å². The number of thiazole rings is 1. The third kappa shape index (κ3) is 1.65. The van der Waals surface area contributed by atoms with Gasteiger partial charge in [-0.3, -0.25) is 0 Å². The van der Waals surface area contributed by atoms with Crippen LogP contribution in [0.1, 0.15) is 18.0 Å². The molecule has 0 aliphatic carbocycles. The summed E-state index contributed by atoms with van der Waals surface area (Å²) >= 11 is 1.71. The zero-order valence-electron chi connectivity index (χ0n) is 7.08. The molecule has 1 atom stereocenters. The van der Waals surface area contributed by atoms with E-state index < -0.39 is 0 Å². The summed E-state index contributed by atoms with van der Waals surface area (Å²) in [5, 5.41) is 9.94. The van der Waals surface area contributed by atoms with Crippen molar-refractivity contribution in [3.63, 3.8) is 0 Å². The molecule has 2 N–H and O–H groups in total. The highest BCUT2D eigenvalue weighted by molar-refractivity contribution is 7.09. The molecule has 3 nitrogen and oxygen atoms in total. The van der Waals surface area contributed by atoms with Gasteiger partial charge < -0.3 is 10.6 Å². The Balaban J connectivity index is 1.87. The second-order valence-corrected chi connectivity index (χ2v) is 4.04. The zero-order chi connectivity index (χ0) is 8.39. The third-order valence-electron chi connectivity index (χ3n) is 2.09. The molecule has 1 saturated heterocycles. The Morgan fingerprint density at radius 3 is 3.08 bits per heavy atom. The highest BCUT2D eigenvalue weighted by Gasteiger charge is 2.19. The fourth-order valence-corrected chi connectivity index (χ4v) is 1.93. The Bertz CT molecular complexity index is 230. The Kier molecular flexibility index (Phi) is 2.39. The molecule has 2 rings (SSSR count). The SMILES string of the molecule is CC(NC1CNC1)c1nccs1. The summed E-state index contributed by atoms with van der Waals surface area (Å²) in [6.45, 7) is 4.35. The maximum atomic E-state index is 4.26. The lowest BCUT2D eigenvalue weighted by molar-refractivity contribution is 0.338. The molecule has 1 fully saturated rings.